The minimum atomic E-state index is -0.944. The molecule has 1 N–H and O–H groups in total. The number of benzene rings is 1. The van der Waals surface area contributed by atoms with E-state index in [1.807, 2.05) is 0 Å². The number of carbonyl (C=O) groups is 3. The van der Waals surface area contributed by atoms with Crippen LogP contribution in [0.15, 0.2) is 24.3 Å². The van der Waals surface area contributed by atoms with Crippen LogP contribution in [-0.2, 0) is 20.9 Å². The summed E-state index contributed by atoms with van der Waals surface area (Å²) in [4.78, 5) is 38.5. The highest BCUT2D eigenvalue weighted by molar-refractivity contribution is 5.89. The first-order chi connectivity index (χ1) is 11.6. The van der Waals surface area contributed by atoms with Crippen molar-refractivity contribution in [1.29, 1.82) is 0 Å². The van der Waals surface area contributed by atoms with Gasteiger partial charge in [0.2, 0.25) is 5.91 Å². The van der Waals surface area contributed by atoms with Gasteiger partial charge >= 0.3 is 11.9 Å². The lowest BCUT2D eigenvalue weighted by Gasteiger charge is -2.36. The Kier molecular flexibility index (Phi) is 5.47. The molecule has 0 aromatic heterocycles. The van der Waals surface area contributed by atoms with Gasteiger partial charge in [0, 0.05) is 13.1 Å². The van der Waals surface area contributed by atoms with Crippen LogP contribution >= 0.6 is 0 Å². The van der Waals surface area contributed by atoms with Crippen molar-refractivity contribution >= 4 is 17.8 Å². The number of likely N-dealkylation sites (N-methyl/N-ethyl adjacent to an activating group) is 1. The standard InChI is InChI=1S/C18H24N2O5/c1-18(2,3)25-17(24)13-7-5-12(6-8-13)9-20-10-14(16(22)23)19(4)11-15(20)21/h5-8,14H,9-11H2,1-4H3,(H,22,23)/t14-/m1/s1. The van der Waals surface area contributed by atoms with Gasteiger partial charge in [-0.2, -0.15) is 0 Å². The smallest absolute Gasteiger partial charge is 0.338 e. The van der Waals surface area contributed by atoms with Crippen molar-refractivity contribution in [1.82, 2.24) is 9.80 Å². The molecule has 7 nitrogen and oxygen atoms in total. The van der Waals surface area contributed by atoms with Gasteiger partial charge in [0.15, 0.2) is 0 Å². The molecule has 0 aliphatic carbocycles. The van der Waals surface area contributed by atoms with E-state index in [2.05, 4.69) is 0 Å². The fourth-order valence-corrected chi connectivity index (χ4v) is 2.60. The van der Waals surface area contributed by atoms with Gasteiger partial charge in [-0.25, -0.2) is 4.79 Å². The third kappa shape index (κ3) is 5.03. The highest BCUT2D eigenvalue weighted by atomic mass is 16.6. The number of hydrogen-bond donors (Lipinski definition) is 1. The Bertz CT molecular complexity index is 663. The molecule has 136 valence electrons. The van der Waals surface area contributed by atoms with Gasteiger partial charge in [-0.15, -0.1) is 0 Å². The maximum atomic E-state index is 12.1. The van der Waals surface area contributed by atoms with Crippen molar-refractivity contribution in [3.63, 3.8) is 0 Å². The summed E-state index contributed by atoms with van der Waals surface area (Å²) in [6.45, 7) is 5.93. The molecule has 1 amide bonds. The van der Waals surface area contributed by atoms with Crippen LogP contribution in [0.3, 0.4) is 0 Å². The minimum absolute atomic E-state index is 0.0763. The lowest BCUT2D eigenvalue weighted by Crippen LogP contribution is -2.57. The Labute approximate surface area is 147 Å². The van der Waals surface area contributed by atoms with Crippen LogP contribution in [0.25, 0.3) is 0 Å². The number of ether oxygens (including phenoxy) is 1. The summed E-state index contributed by atoms with van der Waals surface area (Å²) in [6.07, 6.45) is 0. The van der Waals surface area contributed by atoms with Gasteiger partial charge in [-0.3, -0.25) is 14.5 Å². The molecule has 0 bridgehead atoms. The molecule has 0 saturated carbocycles. The monoisotopic (exact) mass is 348 g/mol. The van der Waals surface area contributed by atoms with Gasteiger partial charge in [0.05, 0.1) is 12.1 Å². The van der Waals surface area contributed by atoms with Crippen LogP contribution in [0.1, 0.15) is 36.7 Å². The first kappa shape index (κ1) is 18.9. The fourth-order valence-electron chi connectivity index (χ4n) is 2.60. The van der Waals surface area contributed by atoms with Gasteiger partial charge in [-0.05, 0) is 45.5 Å². The molecule has 1 aromatic rings. The Morgan fingerprint density at radius 1 is 1.24 bits per heavy atom. The highest BCUT2D eigenvalue weighted by Crippen LogP contribution is 2.16. The number of rotatable bonds is 4. The summed E-state index contributed by atoms with van der Waals surface area (Å²) >= 11 is 0. The van der Waals surface area contributed by atoms with Crippen molar-refractivity contribution in [2.75, 3.05) is 20.1 Å². The van der Waals surface area contributed by atoms with Crippen molar-refractivity contribution in [3.05, 3.63) is 35.4 Å². The predicted molar refractivity (Wildman–Crippen MR) is 91.1 cm³/mol. The fraction of sp³-hybridized carbons (Fsp3) is 0.500. The molecule has 1 aliphatic rings. The number of aliphatic carboxylic acids is 1. The Balaban J connectivity index is 2.04. The molecule has 1 atom stereocenters. The van der Waals surface area contributed by atoms with E-state index in [-0.39, 0.29) is 19.0 Å². The van der Waals surface area contributed by atoms with E-state index in [4.69, 9.17) is 4.74 Å². The minimum Gasteiger partial charge on any atom is -0.480 e. The number of hydrogen-bond acceptors (Lipinski definition) is 5. The normalized spacial score (nSPS) is 19.0. The van der Waals surface area contributed by atoms with E-state index in [1.54, 1.807) is 52.1 Å². The maximum Gasteiger partial charge on any atom is 0.338 e. The zero-order valence-corrected chi connectivity index (χ0v) is 15.0. The molecule has 1 aliphatic heterocycles. The number of carbonyl (C=O) groups excluding carboxylic acids is 2. The number of piperazine rings is 1. The van der Waals surface area contributed by atoms with E-state index < -0.39 is 23.6 Å². The van der Waals surface area contributed by atoms with E-state index in [9.17, 15) is 19.5 Å². The number of carboxylic acids is 1. The number of nitrogens with zero attached hydrogens (tertiary/aromatic N) is 2. The zero-order chi connectivity index (χ0) is 18.8. The van der Waals surface area contributed by atoms with Crippen molar-refractivity contribution in [2.24, 2.45) is 0 Å². The predicted octanol–water partition coefficient (Wildman–Crippen LogP) is 1.37. The second-order valence-electron chi connectivity index (χ2n) is 7.24. The van der Waals surface area contributed by atoms with Crippen molar-refractivity contribution < 1.29 is 24.2 Å². The third-order valence-corrected chi connectivity index (χ3v) is 3.91. The van der Waals surface area contributed by atoms with Crippen LogP contribution < -0.4 is 0 Å². The molecule has 1 heterocycles. The van der Waals surface area contributed by atoms with Crippen molar-refractivity contribution in [2.45, 2.75) is 39.0 Å². The van der Waals surface area contributed by atoms with Crippen LogP contribution in [-0.4, -0.2) is 64.5 Å². The van der Waals surface area contributed by atoms with Crippen LogP contribution in [0.4, 0.5) is 0 Å². The molecule has 25 heavy (non-hydrogen) atoms. The molecule has 1 fully saturated rings. The van der Waals surface area contributed by atoms with Crippen LogP contribution in [0.5, 0.6) is 0 Å². The maximum absolute atomic E-state index is 12.1. The van der Waals surface area contributed by atoms with E-state index in [0.717, 1.165) is 5.56 Å². The Hall–Kier alpha value is -2.41. The summed E-state index contributed by atoms with van der Waals surface area (Å²) in [7, 11) is 1.63. The quantitative estimate of drug-likeness (QED) is 0.827. The van der Waals surface area contributed by atoms with E-state index in [1.165, 1.54) is 9.80 Å². The average molecular weight is 348 g/mol. The van der Waals surface area contributed by atoms with Gasteiger partial charge in [-0.1, -0.05) is 12.1 Å². The highest BCUT2D eigenvalue weighted by Gasteiger charge is 2.34. The molecule has 0 spiro atoms. The largest absolute Gasteiger partial charge is 0.480 e. The lowest BCUT2D eigenvalue weighted by molar-refractivity contribution is -0.151. The second kappa shape index (κ2) is 7.23. The molecule has 0 unspecified atom stereocenters. The second-order valence-corrected chi connectivity index (χ2v) is 7.24. The number of amides is 1. The molecule has 7 heteroatoms. The zero-order valence-electron chi connectivity index (χ0n) is 15.0. The van der Waals surface area contributed by atoms with Gasteiger partial charge < -0.3 is 14.7 Å². The molecular formula is C18H24N2O5. The van der Waals surface area contributed by atoms with Gasteiger partial charge in [0.1, 0.15) is 11.6 Å². The average Bonchev–Trinajstić information content (AvgIpc) is 2.48. The first-order valence-corrected chi connectivity index (χ1v) is 8.10. The Morgan fingerprint density at radius 3 is 2.36 bits per heavy atom. The number of carboxylic acid groups (broad SMARTS) is 1. The molecule has 1 saturated heterocycles. The summed E-state index contributed by atoms with van der Waals surface area (Å²) in [6, 6.07) is 6.09. The number of esters is 1. The topological polar surface area (TPSA) is 87.2 Å². The molecule has 0 radical (unpaired) electrons. The van der Waals surface area contributed by atoms with Crippen molar-refractivity contribution in [3.8, 4) is 0 Å². The van der Waals surface area contributed by atoms with E-state index >= 15 is 0 Å². The van der Waals surface area contributed by atoms with Crippen LogP contribution in [0.2, 0.25) is 0 Å². The Morgan fingerprint density at radius 2 is 1.84 bits per heavy atom. The molecular weight excluding hydrogens is 324 g/mol. The summed E-state index contributed by atoms with van der Waals surface area (Å²) in [5.41, 5.74) is 0.703. The summed E-state index contributed by atoms with van der Waals surface area (Å²) in [5, 5.41) is 9.24. The summed E-state index contributed by atoms with van der Waals surface area (Å²) < 4.78 is 5.31. The van der Waals surface area contributed by atoms with Crippen LogP contribution in [0, 0.1) is 0 Å². The van der Waals surface area contributed by atoms with Gasteiger partial charge in [0.25, 0.3) is 0 Å². The third-order valence-electron chi connectivity index (χ3n) is 3.91. The van der Waals surface area contributed by atoms with E-state index in [0.29, 0.717) is 12.1 Å². The molecule has 1 aromatic carbocycles. The lowest BCUT2D eigenvalue weighted by atomic mass is 10.1. The SMILES string of the molecule is CN1CC(=O)N(Cc2ccc(C(=O)OC(C)(C)C)cc2)C[C@@H]1C(=O)O. The molecule has 2 rings (SSSR count). The first-order valence-electron chi connectivity index (χ1n) is 8.10. The summed E-state index contributed by atoms with van der Waals surface area (Å²) in [5.74, 6) is -1.46.